The standard InChI is InChI=1S/C15H17IN2O/c1-19-14-8-4-12(5-9-14)15(18-17)10-11-2-6-13(16)7-3-11/h2-9,15,18H,10,17H2,1H3. The van der Waals surface area contributed by atoms with Crippen LogP contribution in [-0.4, -0.2) is 7.11 Å². The minimum atomic E-state index is 0.103. The molecule has 0 radical (unpaired) electrons. The van der Waals surface area contributed by atoms with E-state index in [0.29, 0.717) is 0 Å². The second-order valence-corrected chi connectivity index (χ2v) is 5.57. The third-order valence-corrected chi connectivity index (χ3v) is 3.79. The summed E-state index contributed by atoms with van der Waals surface area (Å²) in [7, 11) is 1.67. The molecular weight excluding hydrogens is 351 g/mol. The van der Waals surface area contributed by atoms with Crippen LogP contribution in [0.2, 0.25) is 0 Å². The van der Waals surface area contributed by atoms with E-state index in [0.717, 1.165) is 17.7 Å². The Labute approximate surface area is 127 Å². The van der Waals surface area contributed by atoms with Gasteiger partial charge in [-0.05, 0) is 64.4 Å². The van der Waals surface area contributed by atoms with Crippen molar-refractivity contribution in [3.05, 3.63) is 63.2 Å². The molecule has 2 rings (SSSR count). The van der Waals surface area contributed by atoms with Crippen LogP contribution in [0.4, 0.5) is 0 Å². The molecule has 3 nitrogen and oxygen atoms in total. The zero-order chi connectivity index (χ0) is 13.7. The molecule has 100 valence electrons. The van der Waals surface area contributed by atoms with Crippen molar-refractivity contribution in [2.45, 2.75) is 12.5 Å². The smallest absolute Gasteiger partial charge is 0.118 e. The topological polar surface area (TPSA) is 47.3 Å². The quantitative estimate of drug-likeness (QED) is 0.485. The van der Waals surface area contributed by atoms with E-state index in [9.17, 15) is 0 Å². The van der Waals surface area contributed by atoms with Crippen molar-refractivity contribution >= 4 is 22.6 Å². The van der Waals surface area contributed by atoms with Crippen molar-refractivity contribution in [2.24, 2.45) is 5.84 Å². The molecule has 0 fully saturated rings. The Morgan fingerprint density at radius 2 is 1.74 bits per heavy atom. The lowest BCUT2D eigenvalue weighted by atomic mass is 9.99. The van der Waals surface area contributed by atoms with Crippen LogP contribution in [0.25, 0.3) is 0 Å². The van der Waals surface area contributed by atoms with Crippen LogP contribution in [0.15, 0.2) is 48.5 Å². The van der Waals surface area contributed by atoms with E-state index in [1.54, 1.807) is 7.11 Å². The number of methoxy groups -OCH3 is 1. The molecule has 19 heavy (non-hydrogen) atoms. The van der Waals surface area contributed by atoms with Gasteiger partial charge in [0.2, 0.25) is 0 Å². The zero-order valence-electron chi connectivity index (χ0n) is 10.8. The molecule has 0 aliphatic rings. The van der Waals surface area contributed by atoms with Gasteiger partial charge in [-0.3, -0.25) is 11.3 Å². The van der Waals surface area contributed by atoms with Crippen molar-refractivity contribution < 1.29 is 4.74 Å². The molecule has 2 aromatic carbocycles. The van der Waals surface area contributed by atoms with E-state index in [1.807, 2.05) is 24.3 Å². The molecule has 4 heteroatoms. The highest BCUT2D eigenvalue weighted by Gasteiger charge is 2.10. The van der Waals surface area contributed by atoms with E-state index in [2.05, 4.69) is 52.3 Å². The predicted octanol–water partition coefficient (Wildman–Crippen LogP) is 3.05. The van der Waals surface area contributed by atoms with Gasteiger partial charge >= 0.3 is 0 Å². The van der Waals surface area contributed by atoms with Crippen LogP contribution in [-0.2, 0) is 6.42 Å². The van der Waals surface area contributed by atoms with Gasteiger partial charge in [0, 0.05) is 9.61 Å². The average Bonchev–Trinajstić information content (AvgIpc) is 2.47. The molecule has 0 bridgehead atoms. The van der Waals surface area contributed by atoms with Gasteiger partial charge < -0.3 is 4.74 Å². The SMILES string of the molecule is COc1ccc(C(Cc2ccc(I)cc2)NN)cc1. The largest absolute Gasteiger partial charge is 0.497 e. The first-order valence-corrected chi connectivity index (χ1v) is 7.15. The highest BCUT2D eigenvalue weighted by molar-refractivity contribution is 14.1. The van der Waals surface area contributed by atoms with Crippen molar-refractivity contribution in [1.29, 1.82) is 0 Å². The fourth-order valence-electron chi connectivity index (χ4n) is 1.97. The molecule has 0 aliphatic heterocycles. The molecule has 1 unspecified atom stereocenters. The van der Waals surface area contributed by atoms with E-state index >= 15 is 0 Å². The summed E-state index contributed by atoms with van der Waals surface area (Å²) >= 11 is 2.30. The minimum Gasteiger partial charge on any atom is -0.497 e. The molecular formula is C15H17IN2O. The fourth-order valence-corrected chi connectivity index (χ4v) is 2.32. The first kappa shape index (κ1) is 14.3. The third-order valence-electron chi connectivity index (χ3n) is 3.07. The summed E-state index contributed by atoms with van der Waals surface area (Å²) < 4.78 is 6.40. The Morgan fingerprint density at radius 3 is 2.26 bits per heavy atom. The first-order valence-electron chi connectivity index (χ1n) is 6.07. The van der Waals surface area contributed by atoms with Crippen LogP contribution in [0.1, 0.15) is 17.2 Å². The normalized spacial score (nSPS) is 12.2. The second-order valence-electron chi connectivity index (χ2n) is 4.32. The van der Waals surface area contributed by atoms with E-state index in [-0.39, 0.29) is 6.04 Å². The number of hydrogen-bond donors (Lipinski definition) is 2. The van der Waals surface area contributed by atoms with Crippen LogP contribution in [0, 0.1) is 3.57 Å². The summed E-state index contributed by atoms with van der Waals surface area (Å²) in [5.41, 5.74) is 5.29. The lowest BCUT2D eigenvalue weighted by molar-refractivity contribution is 0.414. The number of nitrogens with two attached hydrogens (primary N) is 1. The summed E-state index contributed by atoms with van der Waals surface area (Å²) in [5, 5.41) is 0. The van der Waals surface area contributed by atoms with E-state index < -0.39 is 0 Å². The predicted molar refractivity (Wildman–Crippen MR) is 85.9 cm³/mol. The monoisotopic (exact) mass is 368 g/mol. The number of hydrogen-bond acceptors (Lipinski definition) is 3. The van der Waals surface area contributed by atoms with Crippen LogP contribution >= 0.6 is 22.6 Å². The van der Waals surface area contributed by atoms with E-state index in [4.69, 9.17) is 10.6 Å². The van der Waals surface area contributed by atoms with E-state index in [1.165, 1.54) is 9.13 Å². The molecule has 0 aromatic heterocycles. The number of rotatable bonds is 5. The highest BCUT2D eigenvalue weighted by Crippen LogP contribution is 2.21. The molecule has 0 saturated heterocycles. The van der Waals surface area contributed by atoms with Crippen LogP contribution in [0.5, 0.6) is 5.75 Å². The molecule has 0 aliphatic carbocycles. The summed E-state index contributed by atoms with van der Waals surface area (Å²) in [5.74, 6) is 6.53. The van der Waals surface area contributed by atoms with Crippen LogP contribution < -0.4 is 16.0 Å². The van der Waals surface area contributed by atoms with Gasteiger partial charge in [-0.2, -0.15) is 0 Å². The molecule has 0 amide bonds. The zero-order valence-corrected chi connectivity index (χ0v) is 12.9. The lowest BCUT2D eigenvalue weighted by Crippen LogP contribution is -2.29. The number of benzene rings is 2. The van der Waals surface area contributed by atoms with Crippen molar-refractivity contribution in [2.75, 3.05) is 7.11 Å². The first-order chi connectivity index (χ1) is 9.22. The third kappa shape index (κ3) is 3.92. The molecule has 3 N–H and O–H groups in total. The van der Waals surface area contributed by atoms with Crippen molar-refractivity contribution in [3.8, 4) is 5.75 Å². The Morgan fingerprint density at radius 1 is 1.11 bits per heavy atom. The van der Waals surface area contributed by atoms with Gasteiger partial charge in [0.25, 0.3) is 0 Å². The Hall–Kier alpha value is -1.11. The molecule has 2 aromatic rings. The van der Waals surface area contributed by atoms with Gasteiger partial charge in [0.15, 0.2) is 0 Å². The number of halogens is 1. The summed E-state index contributed by atoms with van der Waals surface area (Å²) in [6.07, 6.45) is 0.861. The molecule has 1 atom stereocenters. The average molecular weight is 368 g/mol. The molecule has 0 heterocycles. The molecule has 0 saturated carbocycles. The summed E-state index contributed by atoms with van der Waals surface area (Å²) in [4.78, 5) is 0. The summed E-state index contributed by atoms with van der Waals surface area (Å²) in [6.45, 7) is 0. The Kier molecular flexibility index (Phi) is 5.18. The Bertz CT molecular complexity index is 511. The number of hydrazine groups is 1. The highest BCUT2D eigenvalue weighted by atomic mass is 127. The van der Waals surface area contributed by atoms with Gasteiger partial charge in [-0.1, -0.05) is 24.3 Å². The van der Waals surface area contributed by atoms with Gasteiger partial charge in [0.1, 0.15) is 5.75 Å². The fraction of sp³-hybridized carbons (Fsp3) is 0.200. The second kappa shape index (κ2) is 6.88. The maximum absolute atomic E-state index is 5.67. The van der Waals surface area contributed by atoms with Crippen molar-refractivity contribution in [1.82, 2.24) is 5.43 Å². The van der Waals surface area contributed by atoms with Crippen molar-refractivity contribution in [3.63, 3.8) is 0 Å². The Balaban J connectivity index is 2.12. The molecule has 0 spiro atoms. The van der Waals surface area contributed by atoms with Crippen LogP contribution in [0.3, 0.4) is 0 Å². The maximum Gasteiger partial charge on any atom is 0.118 e. The maximum atomic E-state index is 5.67. The minimum absolute atomic E-state index is 0.103. The van der Waals surface area contributed by atoms with Gasteiger partial charge in [0.05, 0.1) is 7.11 Å². The number of nitrogens with one attached hydrogen (secondary N) is 1. The lowest BCUT2D eigenvalue weighted by Gasteiger charge is -2.17. The summed E-state index contributed by atoms with van der Waals surface area (Å²) in [6, 6.07) is 16.6. The number of ether oxygens (including phenoxy) is 1. The van der Waals surface area contributed by atoms with Gasteiger partial charge in [-0.15, -0.1) is 0 Å². The van der Waals surface area contributed by atoms with Gasteiger partial charge in [-0.25, -0.2) is 0 Å².